The van der Waals surface area contributed by atoms with E-state index in [9.17, 15) is 4.79 Å². The van der Waals surface area contributed by atoms with Crippen LogP contribution >= 0.6 is 0 Å². The van der Waals surface area contributed by atoms with E-state index in [4.69, 9.17) is 5.11 Å². The Bertz CT molecular complexity index is 550. The van der Waals surface area contributed by atoms with Gasteiger partial charge in [-0.05, 0) is 37.1 Å². The Morgan fingerprint density at radius 2 is 2.37 bits per heavy atom. The summed E-state index contributed by atoms with van der Waals surface area (Å²) in [5, 5.41) is 12.1. The first-order valence-corrected chi connectivity index (χ1v) is 6.56. The SMILES string of the molecule is CCC(CNCCc1ccc2nc[nH]c2c1)C(=O)O. The van der Waals surface area contributed by atoms with Gasteiger partial charge in [-0.3, -0.25) is 4.79 Å². The number of fused-ring (bicyclic) bond motifs is 1. The van der Waals surface area contributed by atoms with Crippen LogP contribution in [0.15, 0.2) is 24.5 Å². The summed E-state index contributed by atoms with van der Waals surface area (Å²) >= 11 is 0. The third-order valence-electron chi connectivity index (χ3n) is 3.31. The maximum atomic E-state index is 10.9. The molecule has 0 amide bonds. The smallest absolute Gasteiger partial charge is 0.307 e. The summed E-state index contributed by atoms with van der Waals surface area (Å²) in [6, 6.07) is 6.13. The highest BCUT2D eigenvalue weighted by molar-refractivity contribution is 5.75. The quantitative estimate of drug-likeness (QED) is 0.664. The monoisotopic (exact) mass is 261 g/mol. The van der Waals surface area contributed by atoms with Crippen molar-refractivity contribution in [2.24, 2.45) is 5.92 Å². The molecule has 1 atom stereocenters. The number of nitrogens with zero attached hydrogens (tertiary/aromatic N) is 1. The lowest BCUT2D eigenvalue weighted by Crippen LogP contribution is -2.29. The van der Waals surface area contributed by atoms with E-state index in [-0.39, 0.29) is 5.92 Å². The number of nitrogens with one attached hydrogen (secondary N) is 2. The third kappa shape index (κ3) is 3.54. The van der Waals surface area contributed by atoms with Crippen LogP contribution in [0.2, 0.25) is 0 Å². The number of H-pyrrole nitrogens is 1. The fraction of sp³-hybridized carbons (Fsp3) is 0.429. The zero-order valence-corrected chi connectivity index (χ0v) is 11.0. The molecule has 19 heavy (non-hydrogen) atoms. The second-order valence-corrected chi connectivity index (χ2v) is 4.65. The van der Waals surface area contributed by atoms with Crippen molar-refractivity contribution in [3.05, 3.63) is 30.1 Å². The van der Waals surface area contributed by atoms with Crippen LogP contribution in [0.3, 0.4) is 0 Å². The molecule has 0 fully saturated rings. The van der Waals surface area contributed by atoms with Crippen LogP contribution in [0, 0.1) is 5.92 Å². The molecule has 0 aliphatic rings. The standard InChI is InChI=1S/C14H19N3O2/c1-2-11(14(18)19)8-15-6-5-10-3-4-12-13(7-10)17-9-16-12/h3-4,7,9,11,15H,2,5-6,8H2,1H3,(H,16,17)(H,18,19). The van der Waals surface area contributed by atoms with Crippen molar-refractivity contribution in [1.29, 1.82) is 0 Å². The number of carboxylic acids is 1. The first-order valence-electron chi connectivity index (χ1n) is 6.56. The normalized spacial score (nSPS) is 12.7. The minimum atomic E-state index is -0.728. The topological polar surface area (TPSA) is 78.0 Å². The van der Waals surface area contributed by atoms with E-state index < -0.39 is 5.97 Å². The van der Waals surface area contributed by atoms with Gasteiger partial charge in [-0.15, -0.1) is 0 Å². The summed E-state index contributed by atoms with van der Waals surface area (Å²) in [6.45, 7) is 3.20. The molecule has 2 rings (SSSR count). The number of carboxylic acid groups (broad SMARTS) is 1. The van der Waals surface area contributed by atoms with E-state index >= 15 is 0 Å². The molecular formula is C14H19N3O2. The molecule has 0 aliphatic carbocycles. The van der Waals surface area contributed by atoms with Crippen molar-refractivity contribution < 1.29 is 9.90 Å². The van der Waals surface area contributed by atoms with E-state index in [0.717, 1.165) is 24.0 Å². The van der Waals surface area contributed by atoms with Gasteiger partial charge in [0.05, 0.1) is 23.3 Å². The fourth-order valence-electron chi connectivity index (χ4n) is 2.05. The number of hydrogen-bond acceptors (Lipinski definition) is 3. The van der Waals surface area contributed by atoms with Gasteiger partial charge < -0.3 is 15.4 Å². The highest BCUT2D eigenvalue weighted by Gasteiger charge is 2.13. The molecule has 5 heteroatoms. The van der Waals surface area contributed by atoms with E-state index in [1.807, 2.05) is 13.0 Å². The van der Waals surface area contributed by atoms with E-state index in [1.54, 1.807) is 6.33 Å². The number of aromatic nitrogens is 2. The van der Waals surface area contributed by atoms with Crippen LogP contribution in [0.5, 0.6) is 0 Å². The number of benzene rings is 1. The average molecular weight is 261 g/mol. The van der Waals surface area contributed by atoms with Crippen molar-refractivity contribution >= 4 is 17.0 Å². The Balaban J connectivity index is 1.80. The molecular weight excluding hydrogens is 242 g/mol. The number of hydrogen-bond donors (Lipinski definition) is 3. The first-order chi connectivity index (χ1) is 9.20. The summed E-state index contributed by atoms with van der Waals surface area (Å²) in [7, 11) is 0. The van der Waals surface area contributed by atoms with Gasteiger partial charge in [0.2, 0.25) is 0 Å². The molecule has 1 aromatic heterocycles. The Kier molecular flexibility index (Phi) is 4.52. The summed E-state index contributed by atoms with van der Waals surface area (Å²) in [5.74, 6) is -1.02. The summed E-state index contributed by atoms with van der Waals surface area (Å²) in [5.41, 5.74) is 3.22. The van der Waals surface area contributed by atoms with Crippen LogP contribution in [-0.2, 0) is 11.2 Å². The highest BCUT2D eigenvalue weighted by atomic mass is 16.4. The number of aromatic amines is 1. The van der Waals surface area contributed by atoms with Gasteiger partial charge in [-0.2, -0.15) is 0 Å². The third-order valence-corrected chi connectivity index (χ3v) is 3.31. The lowest BCUT2D eigenvalue weighted by atomic mass is 10.1. The van der Waals surface area contributed by atoms with Gasteiger partial charge in [0, 0.05) is 6.54 Å². The molecule has 0 radical (unpaired) electrons. The zero-order chi connectivity index (χ0) is 13.7. The predicted octanol–water partition coefficient (Wildman–Crippen LogP) is 1.81. The van der Waals surface area contributed by atoms with Crippen LogP contribution in [0.1, 0.15) is 18.9 Å². The average Bonchev–Trinajstić information content (AvgIpc) is 2.85. The summed E-state index contributed by atoms with van der Waals surface area (Å²) in [6.07, 6.45) is 3.22. The molecule has 0 spiro atoms. The Morgan fingerprint density at radius 1 is 1.53 bits per heavy atom. The lowest BCUT2D eigenvalue weighted by molar-refractivity contribution is -0.141. The zero-order valence-electron chi connectivity index (χ0n) is 11.0. The summed E-state index contributed by atoms with van der Waals surface area (Å²) in [4.78, 5) is 18.1. The van der Waals surface area contributed by atoms with Crippen molar-refractivity contribution in [3.63, 3.8) is 0 Å². The molecule has 0 bridgehead atoms. The lowest BCUT2D eigenvalue weighted by Gasteiger charge is -2.10. The number of aliphatic carboxylic acids is 1. The second-order valence-electron chi connectivity index (χ2n) is 4.65. The highest BCUT2D eigenvalue weighted by Crippen LogP contribution is 2.11. The van der Waals surface area contributed by atoms with Crippen molar-refractivity contribution in [2.45, 2.75) is 19.8 Å². The van der Waals surface area contributed by atoms with Gasteiger partial charge >= 0.3 is 5.97 Å². The van der Waals surface area contributed by atoms with E-state index in [0.29, 0.717) is 13.0 Å². The van der Waals surface area contributed by atoms with Gasteiger partial charge in [0.1, 0.15) is 0 Å². The summed E-state index contributed by atoms with van der Waals surface area (Å²) < 4.78 is 0. The first kappa shape index (κ1) is 13.5. The molecule has 3 N–H and O–H groups in total. The van der Waals surface area contributed by atoms with Gasteiger partial charge in [-0.1, -0.05) is 13.0 Å². The fourth-order valence-corrected chi connectivity index (χ4v) is 2.05. The molecule has 1 aromatic carbocycles. The predicted molar refractivity (Wildman–Crippen MR) is 74.1 cm³/mol. The van der Waals surface area contributed by atoms with Crippen LogP contribution < -0.4 is 5.32 Å². The largest absolute Gasteiger partial charge is 0.481 e. The molecule has 1 heterocycles. The van der Waals surface area contributed by atoms with Crippen molar-refractivity contribution in [1.82, 2.24) is 15.3 Å². The Hall–Kier alpha value is -1.88. The molecule has 0 saturated carbocycles. The Labute approximate surface area is 112 Å². The molecule has 5 nitrogen and oxygen atoms in total. The molecule has 2 aromatic rings. The molecule has 1 unspecified atom stereocenters. The maximum Gasteiger partial charge on any atom is 0.307 e. The number of carbonyl (C=O) groups is 1. The second kappa shape index (κ2) is 6.33. The van der Waals surface area contributed by atoms with Gasteiger partial charge in [-0.25, -0.2) is 4.98 Å². The molecule has 102 valence electrons. The minimum Gasteiger partial charge on any atom is -0.481 e. The number of rotatable bonds is 7. The Morgan fingerprint density at radius 3 is 3.11 bits per heavy atom. The minimum absolute atomic E-state index is 0.296. The van der Waals surface area contributed by atoms with Crippen molar-refractivity contribution in [3.8, 4) is 0 Å². The van der Waals surface area contributed by atoms with E-state index in [2.05, 4.69) is 27.4 Å². The number of imidazole rings is 1. The molecule has 0 saturated heterocycles. The van der Waals surface area contributed by atoms with Gasteiger partial charge in [0.15, 0.2) is 0 Å². The van der Waals surface area contributed by atoms with Crippen LogP contribution in [-0.4, -0.2) is 34.1 Å². The maximum absolute atomic E-state index is 10.9. The molecule has 0 aliphatic heterocycles. The van der Waals surface area contributed by atoms with Crippen LogP contribution in [0.4, 0.5) is 0 Å². The van der Waals surface area contributed by atoms with Crippen molar-refractivity contribution in [2.75, 3.05) is 13.1 Å². The van der Waals surface area contributed by atoms with Gasteiger partial charge in [0.25, 0.3) is 0 Å². The van der Waals surface area contributed by atoms with Crippen LogP contribution in [0.25, 0.3) is 11.0 Å². The van der Waals surface area contributed by atoms with E-state index in [1.165, 1.54) is 5.56 Å².